The molecular weight excluding hydrogens is 236 g/mol. The average Bonchev–Trinajstić information content (AvgIpc) is 2.77. The molecular formula is C16H24N2O. The number of fused-ring (bicyclic) bond motifs is 1. The number of hydrogen-bond donors (Lipinski definition) is 1. The second-order valence-electron chi connectivity index (χ2n) is 6.32. The van der Waals surface area contributed by atoms with Crippen molar-refractivity contribution in [3.05, 3.63) is 29.7 Å². The SMILES string of the molecule is CC(CCCN)c1nc2cc(C(C)(C)C)ccc2o1. The predicted octanol–water partition coefficient (Wildman–Crippen LogP) is 3.97. The summed E-state index contributed by atoms with van der Waals surface area (Å²) in [5.41, 5.74) is 8.81. The highest BCUT2D eigenvalue weighted by Crippen LogP contribution is 2.29. The molecule has 0 fully saturated rings. The van der Waals surface area contributed by atoms with Crippen molar-refractivity contribution in [2.45, 2.75) is 51.9 Å². The van der Waals surface area contributed by atoms with E-state index in [4.69, 9.17) is 10.2 Å². The van der Waals surface area contributed by atoms with Crippen LogP contribution in [0.5, 0.6) is 0 Å². The van der Waals surface area contributed by atoms with Crippen LogP contribution in [0.4, 0.5) is 0 Å². The lowest BCUT2D eigenvalue weighted by Crippen LogP contribution is -2.10. The summed E-state index contributed by atoms with van der Waals surface area (Å²) in [4.78, 5) is 4.63. The molecule has 0 aliphatic rings. The summed E-state index contributed by atoms with van der Waals surface area (Å²) in [5.74, 6) is 1.16. The number of nitrogens with two attached hydrogens (primary N) is 1. The van der Waals surface area contributed by atoms with Crippen molar-refractivity contribution in [1.82, 2.24) is 4.98 Å². The number of nitrogens with zero attached hydrogens (tertiary/aromatic N) is 1. The van der Waals surface area contributed by atoms with E-state index >= 15 is 0 Å². The first-order valence-corrected chi connectivity index (χ1v) is 7.03. The van der Waals surface area contributed by atoms with E-state index < -0.39 is 0 Å². The smallest absolute Gasteiger partial charge is 0.198 e. The van der Waals surface area contributed by atoms with Gasteiger partial charge < -0.3 is 10.2 Å². The van der Waals surface area contributed by atoms with Gasteiger partial charge in [0.25, 0.3) is 0 Å². The molecule has 0 aliphatic carbocycles. The normalized spacial score (nSPS) is 13.9. The van der Waals surface area contributed by atoms with Crippen molar-refractivity contribution in [3.8, 4) is 0 Å². The summed E-state index contributed by atoms with van der Waals surface area (Å²) < 4.78 is 5.84. The first-order valence-electron chi connectivity index (χ1n) is 7.03. The summed E-state index contributed by atoms with van der Waals surface area (Å²) in [6.45, 7) is 9.49. The topological polar surface area (TPSA) is 52.0 Å². The highest BCUT2D eigenvalue weighted by molar-refractivity contribution is 5.73. The van der Waals surface area contributed by atoms with Crippen molar-refractivity contribution in [3.63, 3.8) is 0 Å². The summed E-state index contributed by atoms with van der Waals surface area (Å²) in [7, 11) is 0. The molecule has 19 heavy (non-hydrogen) atoms. The monoisotopic (exact) mass is 260 g/mol. The molecule has 0 saturated carbocycles. The van der Waals surface area contributed by atoms with E-state index in [0.29, 0.717) is 5.92 Å². The largest absolute Gasteiger partial charge is 0.440 e. The number of hydrogen-bond acceptors (Lipinski definition) is 3. The van der Waals surface area contributed by atoms with Crippen LogP contribution in [0.2, 0.25) is 0 Å². The van der Waals surface area contributed by atoms with Crippen LogP contribution in [0, 0.1) is 0 Å². The molecule has 0 bridgehead atoms. The van der Waals surface area contributed by atoms with Gasteiger partial charge in [0, 0.05) is 5.92 Å². The number of rotatable bonds is 4. The van der Waals surface area contributed by atoms with Gasteiger partial charge in [0.1, 0.15) is 5.52 Å². The Morgan fingerprint density at radius 3 is 2.68 bits per heavy atom. The van der Waals surface area contributed by atoms with Crippen LogP contribution in [-0.4, -0.2) is 11.5 Å². The van der Waals surface area contributed by atoms with E-state index in [2.05, 4.69) is 44.8 Å². The third-order valence-electron chi connectivity index (χ3n) is 3.53. The van der Waals surface area contributed by atoms with E-state index in [1.54, 1.807) is 0 Å². The van der Waals surface area contributed by atoms with Crippen LogP contribution < -0.4 is 5.73 Å². The zero-order chi connectivity index (χ0) is 14.0. The molecule has 2 aromatic rings. The van der Waals surface area contributed by atoms with Crippen LogP contribution in [0.15, 0.2) is 22.6 Å². The molecule has 1 heterocycles. The van der Waals surface area contributed by atoms with Gasteiger partial charge in [0.05, 0.1) is 0 Å². The second kappa shape index (κ2) is 5.33. The van der Waals surface area contributed by atoms with Gasteiger partial charge in [-0.2, -0.15) is 0 Å². The fraction of sp³-hybridized carbons (Fsp3) is 0.562. The molecule has 1 unspecified atom stereocenters. The van der Waals surface area contributed by atoms with Crippen molar-refractivity contribution >= 4 is 11.1 Å². The molecule has 1 atom stereocenters. The molecule has 3 nitrogen and oxygen atoms in total. The first-order chi connectivity index (χ1) is 8.91. The van der Waals surface area contributed by atoms with Crippen molar-refractivity contribution in [1.29, 1.82) is 0 Å². The van der Waals surface area contributed by atoms with Gasteiger partial charge in [-0.3, -0.25) is 0 Å². The molecule has 0 spiro atoms. The minimum atomic E-state index is 0.137. The molecule has 1 aromatic carbocycles. The van der Waals surface area contributed by atoms with Gasteiger partial charge in [0.2, 0.25) is 0 Å². The lowest BCUT2D eigenvalue weighted by Gasteiger charge is -2.18. The van der Waals surface area contributed by atoms with Crippen molar-refractivity contribution in [2.24, 2.45) is 5.73 Å². The Hall–Kier alpha value is -1.35. The number of oxazole rings is 1. The molecule has 1 aromatic heterocycles. The Bertz CT molecular complexity index is 551. The summed E-state index contributed by atoms with van der Waals surface area (Å²) >= 11 is 0. The summed E-state index contributed by atoms with van der Waals surface area (Å²) in [6.07, 6.45) is 2.03. The third-order valence-corrected chi connectivity index (χ3v) is 3.53. The minimum Gasteiger partial charge on any atom is -0.440 e. The summed E-state index contributed by atoms with van der Waals surface area (Å²) in [6, 6.07) is 6.29. The second-order valence-corrected chi connectivity index (χ2v) is 6.32. The standard InChI is InChI=1S/C16H24N2O/c1-11(6-5-9-17)15-18-13-10-12(16(2,3)4)7-8-14(13)19-15/h7-8,10-11H,5-6,9,17H2,1-4H3. The van der Waals surface area contributed by atoms with E-state index in [1.807, 2.05) is 6.07 Å². The summed E-state index contributed by atoms with van der Waals surface area (Å²) in [5, 5.41) is 0. The van der Waals surface area contributed by atoms with E-state index in [0.717, 1.165) is 36.4 Å². The Morgan fingerprint density at radius 1 is 1.32 bits per heavy atom. The maximum absolute atomic E-state index is 5.84. The van der Waals surface area contributed by atoms with Crippen LogP contribution in [0.25, 0.3) is 11.1 Å². The zero-order valence-electron chi connectivity index (χ0n) is 12.4. The molecule has 2 N–H and O–H groups in total. The molecule has 2 rings (SSSR count). The van der Waals surface area contributed by atoms with Crippen molar-refractivity contribution in [2.75, 3.05) is 6.54 Å². The molecule has 0 radical (unpaired) electrons. The fourth-order valence-electron chi connectivity index (χ4n) is 2.17. The van der Waals surface area contributed by atoms with Crippen LogP contribution >= 0.6 is 0 Å². The Kier molecular flexibility index (Phi) is 3.95. The number of aromatic nitrogens is 1. The lowest BCUT2D eigenvalue weighted by molar-refractivity contribution is 0.464. The first kappa shape index (κ1) is 14.1. The van der Waals surface area contributed by atoms with Gasteiger partial charge in [-0.1, -0.05) is 33.8 Å². The van der Waals surface area contributed by atoms with Gasteiger partial charge in [-0.25, -0.2) is 4.98 Å². The van der Waals surface area contributed by atoms with Crippen molar-refractivity contribution < 1.29 is 4.42 Å². The van der Waals surface area contributed by atoms with Crippen LogP contribution in [-0.2, 0) is 5.41 Å². The highest BCUT2D eigenvalue weighted by atomic mass is 16.3. The predicted molar refractivity (Wildman–Crippen MR) is 79.4 cm³/mol. The zero-order valence-corrected chi connectivity index (χ0v) is 12.4. The Balaban J connectivity index is 2.30. The Morgan fingerprint density at radius 2 is 2.05 bits per heavy atom. The fourth-order valence-corrected chi connectivity index (χ4v) is 2.17. The van der Waals surface area contributed by atoms with Gasteiger partial charge in [0.15, 0.2) is 11.5 Å². The average molecular weight is 260 g/mol. The van der Waals surface area contributed by atoms with E-state index in [1.165, 1.54) is 5.56 Å². The maximum Gasteiger partial charge on any atom is 0.198 e. The van der Waals surface area contributed by atoms with Crippen LogP contribution in [0.1, 0.15) is 57.9 Å². The van der Waals surface area contributed by atoms with Gasteiger partial charge in [-0.15, -0.1) is 0 Å². The molecule has 3 heteroatoms. The van der Waals surface area contributed by atoms with E-state index in [9.17, 15) is 0 Å². The molecule has 0 amide bonds. The quantitative estimate of drug-likeness (QED) is 0.905. The van der Waals surface area contributed by atoms with E-state index in [-0.39, 0.29) is 5.41 Å². The Labute approximate surface area is 115 Å². The van der Waals surface area contributed by atoms with Crippen LogP contribution in [0.3, 0.4) is 0 Å². The molecule has 0 aliphatic heterocycles. The van der Waals surface area contributed by atoms with Gasteiger partial charge >= 0.3 is 0 Å². The molecule has 0 saturated heterocycles. The minimum absolute atomic E-state index is 0.137. The maximum atomic E-state index is 5.84. The third kappa shape index (κ3) is 3.16. The molecule has 104 valence electrons. The lowest BCUT2D eigenvalue weighted by atomic mass is 9.87. The number of benzene rings is 1. The highest BCUT2D eigenvalue weighted by Gasteiger charge is 2.17. The van der Waals surface area contributed by atoms with Gasteiger partial charge in [-0.05, 0) is 42.5 Å².